The van der Waals surface area contributed by atoms with Crippen LogP contribution in [-0.4, -0.2) is 25.0 Å². The summed E-state index contributed by atoms with van der Waals surface area (Å²) in [7, 11) is 3.89. The Hall–Kier alpha value is -2.60. The summed E-state index contributed by atoms with van der Waals surface area (Å²) in [5, 5.41) is 2.84. The smallest absolute Gasteiger partial charge is 0.257 e. The summed E-state index contributed by atoms with van der Waals surface area (Å²) in [6.45, 7) is 0. The normalized spacial score (nSPS) is 9.95. The van der Waals surface area contributed by atoms with Gasteiger partial charge in [-0.05, 0) is 24.3 Å². The van der Waals surface area contributed by atoms with Crippen LogP contribution in [0.2, 0.25) is 0 Å². The van der Waals surface area contributed by atoms with Crippen LogP contribution in [0, 0.1) is 0 Å². The molecule has 0 bridgehead atoms. The molecule has 1 aromatic carbocycles. The van der Waals surface area contributed by atoms with E-state index < -0.39 is 0 Å². The molecule has 20 heavy (non-hydrogen) atoms. The highest BCUT2D eigenvalue weighted by Gasteiger charge is 2.11. The minimum absolute atomic E-state index is 0.240. The number of carbonyl (C=O) groups is 1. The summed E-state index contributed by atoms with van der Waals surface area (Å²) in [5.41, 5.74) is 5.12. The first-order chi connectivity index (χ1) is 9.61. The number of nitrogens with zero attached hydrogens (tertiary/aromatic N) is 2. The molecule has 0 saturated carbocycles. The van der Waals surface area contributed by atoms with Gasteiger partial charge in [0.25, 0.3) is 5.91 Å². The van der Waals surface area contributed by atoms with Crippen molar-refractivity contribution in [1.29, 1.82) is 0 Å². The van der Waals surface area contributed by atoms with Gasteiger partial charge in [-0.3, -0.25) is 15.6 Å². The van der Waals surface area contributed by atoms with Crippen molar-refractivity contribution in [3.8, 4) is 0 Å². The van der Waals surface area contributed by atoms with Crippen molar-refractivity contribution in [3.05, 3.63) is 48.3 Å². The molecule has 1 amide bonds. The Morgan fingerprint density at radius 2 is 2.10 bits per heavy atom. The zero-order valence-corrected chi connectivity index (χ0v) is 11.4. The summed E-state index contributed by atoms with van der Waals surface area (Å²) in [6, 6.07) is 9.20. The van der Waals surface area contributed by atoms with Crippen molar-refractivity contribution < 1.29 is 4.79 Å². The molecule has 0 spiro atoms. The second kappa shape index (κ2) is 6.03. The predicted octanol–water partition coefficient (Wildman–Crippen LogP) is 1.69. The van der Waals surface area contributed by atoms with E-state index in [9.17, 15) is 4.79 Å². The lowest BCUT2D eigenvalue weighted by Crippen LogP contribution is -2.17. The maximum absolute atomic E-state index is 12.2. The van der Waals surface area contributed by atoms with Crippen LogP contribution in [-0.2, 0) is 0 Å². The molecule has 6 heteroatoms. The number of amides is 1. The van der Waals surface area contributed by atoms with Gasteiger partial charge in [-0.1, -0.05) is 6.07 Å². The average molecular weight is 271 g/mol. The summed E-state index contributed by atoms with van der Waals surface area (Å²) in [4.78, 5) is 18.1. The highest BCUT2D eigenvalue weighted by molar-refractivity contribution is 6.08. The molecule has 6 nitrogen and oxygen atoms in total. The molecule has 1 aromatic heterocycles. The Labute approximate surface area is 117 Å². The third kappa shape index (κ3) is 3.04. The van der Waals surface area contributed by atoms with Gasteiger partial charge in [0, 0.05) is 31.7 Å². The van der Waals surface area contributed by atoms with Crippen LogP contribution in [0.5, 0.6) is 0 Å². The van der Waals surface area contributed by atoms with Gasteiger partial charge in [0.1, 0.15) is 0 Å². The summed E-state index contributed by atoms with van der Waals surface area (Å²) >= 11 is 0. The molecule has 2 rings (SSSR count). The number of anilines is 3. The topological polar surface area (TPSA) is 83.3 Å². The lowest BCUT2D eigenvalue weighted by atomic mass is 10.2. The molecular formula is C14H17N5O. The van der Waals surface area contributed by atoms with E-state index in [1.807, 2.05) is 43.3 Å². The molecule has 0 saturated heterocycles. The Kier molecular flexibility index (Phi) is 4.17. The maximum Gasteiger partial charge on any atom is 0.257 e. The molecule has 0 fully saturated rings. The molecule has 1 heterocycles. The number of carbonyl (C=O) groups excluding carboxylic acids is 1. The van der Waals surface area contributed by atoms with Gasteiger partial charge in [0.05, 0.1) is 17.4 Å². The van der Waals surface area contributed by atoms with Gasteiger partial charge in [-0.25, -0.2) is 0 Å². The number of benzene rings is 1. The molecule has 2 aromatic rings. The first-order valence-corrected chi connectivity index (χ1v) is 6.11. The van der Waals surface area contributed by atoms with E-state index in [2.05, 4.69) is 15.7 Å². The predicted molar refractivity (Wildman–Crippen MR) is 80.8 cm³/mol. The molecule has 104 valence electrons. The number of nitrogens with one attached hydrogen (secondary N) is 2. The lowest BCUT2D eigenvalue weighted by molar-refractivity contribution is 0.102. The molecule has 0 aliphatic carbocycles. The SMILES string of the molecule is CN(C)c1cccc(NC(=O)c2ccncc2NN)c1. The van der Waals surface area contributed by atoms with Crippen molar-refractivity contribution in [3.63, 3.8) is 0 Å². The fourth-order valence-corrected chi connectivity index (χ4v) is 1.77. The molecule has 0 atom stereocenters. The van der Waals surface area contributed by atoms with Crippen LogP contribution in [0.15, 0.2) is 42.7 Å². The third-order valence-corrected chi connectivity index (χ3v) is 2.84. The Balaban J connectivity index is 2.21. The number of nitrogens with two attached hydrogens (primary N) is 1. The Bertz CT molecular complexity index is 612. The van der Waals surface area contributed by atoms with Crippen LogP contribution in [0.3, 0.4) is 0 Å². The molecule has 0 aliphatic heterocycles. The summed E-state index contributed by atoms with van der Waals surface area (Å²) in [5.74, 6) is 5.13. The Morgan fingerprint density at radius 3 is 2.80 bits per heavy atom. The fraction of sp³-hybridized carbons (Fsp3) is 0.143. The largest absolute Gasteiger partial charge is 0.378 e. The van der Waals surface area contributed by atoms with Crippen LogP contribution in [0.1, 0.15) is 10.4 Å². The van der Waals surface area contributed by atoms with Crippen molar-refractivity contribution in [1.82, 2.24) is 4.98 Å². The molecule has 4 N–H and O–H groups in total. The van der Waals surface area contributed by atoms with Gasteiger partial charge >= 0.3 is 0 Å². The van der Waals surface area contributed by atoms with Crippen molar-refractivity contribution in [2.75, 3.05) is 29.7 Å². The van der Waals surface area contributed by atoms with E-state index in [1.54, 1.807) is 12.3 Å². The van der Waals surface area contributed by atoms with Gasteiger partial charge < -0.3 is 15.6 Å². The second-order valence-electron chi connectivity index (χ2n) is 4.46. The van der Waals surface area contributed by atoms with E-state index in [4.69, 9.17) is 5.84 Å². The number of hydrazine groups is 1. The van der Waals surface area contributed by atoms with E-state index in [1.165, 1.54) is 6.20 Å². The first-order valence-electron chi connectivity index (χ1n) is 6.11. The van der Waals surface area contributed by atoms with Gasteiger partial charge in [-0.2, -0.15) is 0 Å². The number of nitrogen functional groups attached to an aromatic ring is 1. The second-order valence-corrected chi connectivity index (χ2v) is 4.46. The number of pyridine rings is 1. The minimum atomic E-state index is -0.240. The maximum atomic E-state index is 12.2. The number of hydrogen-bond acceptors (Lipinski definition) is 5. The summed E-state index contributed by atoms with van der Waals surface area (Å²) < 4.78 is 0. The highest BCUT2D eigenvalue weighted by atomic mass is 16.1. The van der Waals surface area contributed by atoms with Crippen LogP contribution in [0.25, 0.3) is 0 Å². The van der Waals surface area contributed by atoms with Gasteiger partial charge in [0.2, 0.25) is 0 Å². The third-order valence-electron chi connectivity index (χ3n) is 2.84. The quantitative estimate of drug-likeness (QED) is 0.582. The van der Waals surface area contributed by atoms with Crippen molar-refractivity contribution >= 4 is 23.0 Å². The lowest BCUT2D eigenvalue weighted by Gasteiger charge is -2.14. The Morgan fingerprint density at radius 1 is 1.30 bits per heavy atom. The number of rotatable bonds is 4. The monoisotopic (exact) mass is 271 g/mol. The fourth-order valence-electron chi connectivity index (χ4n) is 1.77. The van der Waals surface area contributed by atoms with E-state index in [0.29, 0.717) is 11.3 Å². The minimum Gasteiger partial charge on any atom is -0.378 e. The molecule has 0 aliphatic rings. The number of aromatic nitrogens is 1. The molecular weight excluding hydrogens is 254 g/mol. The van der Waals surface area contributed by atoms with E-state index >= 15 is 0 Å². The summed E-state index contributed by atoms with van der Waals surface area (Å²) in [6.07, 6.45) is 3.05. The zero-order chi connectivity index (χ0) is 14.5. The molecule has 0 unspecified atom stereocenters. The van der Waals surface area contributed by atoms with Crippen molar-refractivity contribution in [2.24, 2.45) is 5.84 Å². The van der Waals surface area contributed by atoms with E-state index in [0.717, 1.165) is 11.4 Å². The number of hydrogen-bond donors (Lipinski definition) is 3. The van der Waals surface area contributed by atoms with E-state index in [-0.39, 0.29) is 5.91 Å². The van der Waals surface area contributed by atoms with Crippen molar-refractivity contribution in [2.45, 2.75) is 0 Å². The standard InChI is InChI=1S/C14H17N5O/c1-19(2)11-5-3-4-10(8-11)17-14(20)12-6-7-16-9-13(12)18-15/h3-9,18H,15H2,1-2H3,(H,17,20). The zero-order valence-electron chi connectivity index (χ0n) is 11.4. The van der Waals surface area contributed by atoms with Crippen LogP contribution < -0.4 is 21.5 Å². The molecule has 0 radical (unpaired) electrons. The van der Waals surface area contributed by atoms with Gasteiger partial charge in [0.15, 0.2) is 0 Å². The van der Waals surface area contributed by atoms with Crippen LogP contribution >= 0.6 is 0 Å². The first kappa shape index (κ1) is 13.8. The van der Waals surface area contributed by atoms with Gasteiger partial charge in [-0.15, -0.1) is 0 Å². The van der Waals surface area contributed by atoms with Crippen LogP contribution in [0.4, 0.5) is 17.1 Å². The average Bonchev–Trinajstić information content (AvgIpc) is 2.47. The highest BCUT2D eigenvalue weighted by Crippen LogP contribution is 2.19.